The Kier molecular flexibility index (Phi) is 5.93. The molecule has 0 saturated carbocycles. The number of nitrogens with zero attached hydrogens (tertiary/aromatic N) is 2. The van der Waals surface area contributed by atoms with Gasteiger partial charge in [0.15, 0.2) is 6.61 Å². The van der Waals surface area contributed by atoms with E-state index in [0.717, 1.165) is 17.7 Å². The minimum atomic E-state index is -1.15. The number of carbonyl (C=O) groups is 4. The van der Waals surface area contributed by atoms with E-state index in [-0.39, 0.29) is 24.8 Å². The molecule has 1 atom stereocenters. The Bertz CT molecular complexity index is 1110. The Morgan fingerprint density at radius 3 is 2.48 bits per heavy atom. The molecule has 0 spiro atoms. The zero-order chi connectivity index (χ0) is 23.8. The Morgan fingerprint density at radius 2 is 1.79 bits per heavy atom. The van der Waals surface area contributed by atoms with Gasteiger partial charge in [-0.25, -0.2) is 0 Å². The molecule has 2 aromatic carbocycles. The number of nitrogens with one attached hydrogen (secondary N) is 1. The second-order valence-electron chi connectivity index (χ2n) is 8.79. The maximum absolute atomic E-state index is 13.0. The maximum atomic E-state index is 13.0. The highest BCUT2D eigenvalue weighted by molar-refractivity contribution is 6.14. The van der Waals surface area contributed by atoms with Crippen LogP contribution >= 0.6 is 0 Å². The Labute approximate surface area is 192 Å². The summed E-state index contributed by atoms with van der Waals surface area (Å²) in [6, 6.07) is 14.6. The minimum absolute atomic E-state index is 0.0308. The first kappa shape index (κ1) is 22.5. The lowest BCUT2D eigenvalue weighted by Gasteiger charge is -2.41. The molecule has 4 rings (SSSR count). The van der Waals surface area contributed by atoms with Gasteiger partial charge in [0.1, 0.15) is 5.54 Å². The van der Waals surface area contributed by atoms with Gasteiger partial charge in [0, 0.05) is 18.7 Å². The lowest BCUT2D eigenvalue weighted by molar-refractivity contribution is -0.152. The van der Waals surface area contributed by atoms with Crippen LogP contribution in [0.3, 0.4) is 0 Å². The van der Waals surface area contributed by atoms with Crippen LogP contribution in [0.2, 0.25) is 0 Å². The summed E-state index contributed by atoms with van der Waals surface area (Å²) in [6.45, 7) is 5.02. The summed E-state index contributed by atoms with van der Waals surface area (Å²) >= 11 is 0. The van der Waals surface area contributed by atoms with Gasteiger partial charge in [-0.15, -0.1) is 0 Å². The number of rotatable bonds is 5. The molecule has 1 saturated heterocycles. The van der Waals surface area contributed by atoms with Crippen LogP contribution in [0.5, 0.6) is 0 Å². The Morgan fingerprint density at radius 1 is 1.09 bits per heavy atom. The zero-order valence-corrected chi connectivity index (χ0v) is 19.0. The fourth-order valence-corrected chi connectivity index (χ4v) is 4.24. The molecule has 172 valence electrons. The highest BCUT2D eigenvalue weighted by atomic mass is 16.5. The van der Waals surface area contributed by atoms with E-state index in [1.807, 2.05) is 24.3 Å². The molecule has 2 aromatic rings. The molecular formula is C25H27N3O5. The van der Waals surface area contributed by atoms with Gasteiger partial charge in [0.2, 0.25) is 11.8 Å². The van der Waals surface area contributed by atoms with Crippen LogP contribution in [-0.2, 0) is 30.3 Å². The summed E-state index contributed by atoms with van der Waals surface area (Å²) in [5.41, 5.74) is 1.81. The van der Waals surface area contributed by atoms with Crippen LogP contribution < -0.4 is 15.1 Å². The molecule has 2 aliphatic rings. The summed E-state index contributed by atoms with van der Waals surface area (Å²) in [6.07, 6.45) is 0.931. The fourth-order valence-electron chi connectivity index (χ4n) is 4.24. The second kappa shape index (κ2) is 8.69. The summed E-state index contributed by atoms with van der Waals surface area (Å²) in [4.78, 5) is 53.7. The van der Waals surface area contributed by atoms with Crippen molar-refractivity contribution >= 4 is 40.8 Å². The van der Waals surface area contributed by atoms with Crippen molar-refractivity contribution in [3.63, 3.8) is 0 Å². The Hall–Kier alpha value is -3.68. The van der Waals surface area contributed by atoms with Gasteiger partial charge >= 0.3 is 5.97 Å². The molecule has 0 aromatic heterocycles. The van der Waals surface area contributed by atoms with Gasteiger partial charge < -0.3 is 15.0 Å². The predicted octanol–water partition coefficient (Wildman–Crippen LogP) is 2.91. The smallest absolute Gasteiger partial charge is 0.311 e. The van der Waals surface area contributed by atoms with Crippen molar-refractivity contribution in [2.45, 2.75) is 39.2 Å². The SMILES string of the molecule is CCc1ccc(N2C[C@H](C(=O)OCC(=O)N3c4ccccc4NC(=O)C3(C)C)CC2=O)cc1. The van der Waals surface area contributed by atoms with Crippen molar-refractivity contribution in [1.29, 1.82) is 0 Å². The number of para-hydroxylation sites is 2. The van der Waals surface area contributed by atoms with Gasteiger partial charge in [-0.1, -0.05) is 31.2 Å². The van der Waals surface area contributed by atoms with Gasteiger partial charge in [-0.3, -0.25) is 24.1 Å². The van der Waals surface area contributed by atoms with Crippen molar-refractivity contribution in [3.05, 3.63) is 54.1 Å². The van der Waals surface area contributed by atoms with Crippen LogP contribution in [0.1, 0.15) is 32.8 Å². The van der Waals surface area contributed by atoms with E-state index in [1.54, 1.807) is 43.0 Å². The maximum Gasteiger partial charge on any atom is 0.311 e. The van der Waals surface area contributed by atoms with Crippen molar-refractivity contribution in [2.24, 2.45) is 5.92 Å². The number of amides is 3. The van der Waals surface area contributed by atoms with E-state index in [9.17, 15) is 19.2 Å². The van der Waals surface area contributed by atoms with E-state index in [0.29, 0.717) is 11.4 Å². The summed E-state index contributed by atoms with van der Waals surface area (Å²) in [5.74, 6) is -2.24. The first-order chi connectivity index (χ1) is 15.7. The standard InChI is InChI=1S/C25H27N3O5/c1-4-16-9-11-18(12-10-16)27-14-17(13-21(27)29)23(31)33-15-22(30)28-20-8-6-5-7-19(20)26-24(32)25(28,2)3/h5-12,17H,4,13-15H2,1-3H3,(H,26,32)/t17-/m1/s1. The largest absolute Gasteiger partial charge is 0.455 e. The van der Waals surface area contributed by atoms with Crippen LogP contribution in [-0.4, -0.2) is 42.4 Å². The normalized spacial score (nSPS) is 19.2. The third kappa shape index (κ3) is 4.20. The first-order valence-corrected chi connectivity index (χ1v) is 11.0. The summed E-state index contributed by atoms with van der Waals surface area (Å²) < 4.78 is 5.31. The number of benzene rings is 2. The van der Waals surface area contributed by atoms with E-state index >= 15 is 0 Å². The fraction of sp³-hybridized carbons (Fsp3) is 0.360. The number of fused-ring (bicyclic) bond motifs is 1. The monoisotopic (exact) mass is 449 g/mol. The number of hydrogen-bond acceptors (Lipinski definition) is 5. The van der Waals surface area contributed by atoms with E-state index < -0.39 is 29.9 Å². The van der Waals surface area contributed by atoms with Gasteiger partial charge in [0.25, 0.3) is 5.91 Å². The summed E-state index contributed by atoms with van der Waals surface area (Å²) in [7, 11) is 0. The topological polar surface area (TPSA) is 96.0 Å². The quantitative estimate of drug-likeness (QED) is 0.708. The number of esters is 1. The molecule has 0 aliphatic carbocycles. The van der Waals surface area contributed by atoms with E-state index in [4.69, 9.17) is 4.74 Å². The Balaban J connectivity index is 1.42. The predicted molar refractivity (Wildman–Crippen MR) is 124 cm³/mol. The third-order valence-electron chi connectivity index (χ3n) is 6.21. The van der Waals surface area contributed by atoms with Crippen molar-refractivity contribution in [2.75, 3.05) is 28.3 Å². The average Bonchev–Trinajstić information content (AvgIpc) is 3.19. The zero-order valence-electron chi connectivity index (χ0n) is 19.0. The molecule has 3 amide bonds. The molecule has 2 aliphatic heterocycles. The molecule has 8 nitrogen and oxygen atoms in total. The molecule has 0 radical (unpaired) electrons. The third-order valence-corrected chi connectivity index (χ3v) is 6.21. The lowest BCUT2D eigenvalue weighted by atomic mass is 9.96. The van der Waals surface area contributed by atoms with Crippen LogP contribution in [0, 0.1) is 5.92 Å². The highest BCUT2D eigenvalue weighted by Crippen LogP contribution is 2.36. The number of carbonyl (C=O) groups excluding carboxylic acids is 4. The average molecular weight is 450 g/mol. The summed E-state index contributed by atoms with van der Waals surface area (Å²) in [5, 5.41) is 2.79. The van der Waals surface area contributed by atoms with Crippen molar-refractivity contribution < 1.29 is 23.9 Å². The van der Waals surface area contributed by atoms with Crippen LogP contribution in [0.4, 0.5) is 17.1 Å². The van der Waals surface area contributed by atoms with E-state index in [2.05, 4.69) is 12.2 Å². The molecule has 8 heteroatoms. The second-order valence-corrected chi connectivity index (χ2v) is 8.79. The lowest BCUT2D eigenvalue weighted by Crippen LogP contribution is -2.59. The highest BCUT2D eigenvalue weighted by Gasteiger charge is 2.44. The molecular weight excluding hydrogens is 422 g/mol. The molecule has 0 unspecified atom stereocenters. The number of ether oxygens (including phenoxy) is 1. The number of aryl methyl sites for hydroxylation is 1. The van der Waals surface area contributed by atoms with Crippen molar-refractivity contribution in [3.8, 4) is 0 Å². The molecule has 1 fully saturated rings. The van der Waals surface area contributed by atoms with Crippen molar-refractivity contribution in [1.82, 2.24) is 0 Å². The van der Waals surface area contributed by atoms with Crippen LogP contribution in [0.15, 0.2) is 48.5 Å². The van der Waals surface area contributed by atoms with Gasteiger partial charge in [-0.2, -0.15) is 0 Å². The van der Waals surface area contributed by atoms with Gasteiger partial charge in [0.05, 0.1) is 17.3 Å². The van der Waals surface area contributed by atoms with Gasteiger partial charge in [-0.05, 0) is 50.1 Å². The molecule has 33 heavy (non-hydrogen) atoms. The molecule has 0 bridgehead atoms. The van der Waals surface area contributed by atoms with Crippen LogP contribution in [0.25, 0.3) is 0 Å². The molecule has 2 heterocycles. The molecule has 1 N–H and O–H groups in total. The first-order valence-electron chi connectivity index (χ1n) is 11.0. The minimum Gasteiger partial charge on any atom is -0.455 e. The number of hydrogen-bond donors (Lipinski definition) is 1. The van der Waals surface area contributed by atoms with E-state index in [1.165, 1.54) is 4.90 Å². The number of anilines is 3.